The summed E-state index contributed by atoms with van der Waals surface area (Å²) >= 11 is 0. The average Bonchev–Trinajstić information content (AvgIpc) is 3.03. The maximum atomic E-state index is 12.4. The van der Waals surface area contributed by atoms with Gasteiger partial charge in [-0.25, -0.2) is 14.3 Å². The Bertz CT molecular complexity index is 1210. The van der Waals surface area contributed by atoms with Crippen LogP contribution in [0.2, 0.25) is 0 Å². The van der Waals surface area contributed by atoms with Crippen LogP contribution in [0.25, 0.3) is 22.0 Å². The van der Waals surface area contributed by atoms with E-state index in [0.717, 1.165) is 16.5 Å². The van der Waals surface area contributed by atoms with Gasteiger partial charge in [0.2, 0.25) is 0 Å². The van der Waals surface area contributed by atoms with Crippen molar-refractivity contribution in [3.05, 3.63) is 64.0 Å². The molecule has 0 amide bonds. The van der Waals surface area contributed by atoms with Gasteiger partial charge in [-0.3, -0.25) is 0 Å². The van der Waals surface area contributed by atoms with Crippen LogP contribution in [0.4, 0.5) is 0 Å². The van der Waals surface area contributed by atoms with Crippen molar-refractivity contribution >= 4 is 28.0 Å². The van der Waals surface area contributed by atoms with E-state index in [-0.39, 0.29) is 0 Å². The fourth-order valence-corrected chi connectivity index (χ4v) is 2.87. The SMILES string of the molecule is CCn1nnc2cc(C(=O)Oc3ccc4c(C)cc(=O)oc4c3)ccc21. The number of carbonyl (C=O) groups excluding carboxylic acids is 1. The molecule has 4 aromatic rings. The topological polar surface area (TPSA) is 87.2 Å². The number of benzene rings is 2. The van der Waals surface area contributed by atoms with E-state index in [1.165, 1.54) is 12.1 Å². The van der Waals surface area contributed by atoms with Crippen molar-refractivity contribution in [1.29, 1.82) is 0 Å². The summed E-state index contributed by atoms with van der Waals surface area (Å²) in [7, 11) is 0. The number of hydrogen-bond acceptors (Lipinski definition) is 6. The molecule has 4 rings (SSSR count). The van der Waals surface area contributed by atoms with Crippen molar-refractivity contribution in [3.63, 3.8) is 0 Å². The molecule has 2 aromatic heterocycles. The number of esters is 1. The number of nitrogens with zero attached hydrogens (tertiary/aromatic N) is 3. The van der Waals surface area contributed by atoms with Gasteiger partial charge in [0.1, 0.15) is 16.8 Å². The molecule has 0 N–H and O–H groups in total. The molecule has 0 saturated heterocycles. The van der Waals surface area contributed by atoms with E-state index in [9.17, 15) is 9.59 Å². The summed E-state index contributed by atoms with van der Waals surface area (Å²) in [5, 5.41) is 8.87. The van der Waals surface area contributed by atoms with E-state index in [4.69, 9.17) is 9.15 Å². The summed E-state index contributed by atoms with van der Waals surface area (Å²) in [6, 6.07) is 11.5. The van der Waals surface area contributed by atoms with Gasteiger partial charge in [0.15, 0.2) is 0 Å². The monoisotopic (exact) mass is 349 g/mol. The molecular weight excluding hydrogens is 334 g/mol. The number of fused-ring (bicyclic) bond motifs is 2. The van der Waals surface area contributed by atoms with Gasteiger partial charge in [-0.15, -0.1) is 5.10 Å². The van der Waals surface area contributed by atoms with Crippen LogP contribution in [-0.4, -0.2) is 21.0 Å². The highest BCUT2D eigenvalue weighted by molar-refractivity contribution is 5.95. The molecule has 0 unspecified atom stereocenters. The summed E-state index contributed by atoms with van der Waals surface area (Å²) in [5.74, 6) is -0.221. The van der Waals surface area contributed by atoms with Crippen LogP contribution in [0.3, 0.4) is 0 Å². The average molecular weight is 349 g/mol. The summed E-state index contributed by atoms with van der Waals surface area (Å²) in [4.78, 5) is 24.0. The van der Waals surface area contributed by atoms with Crippen LogP contribution in [0.5, 0.6) is 5.75 Å². The molecule has 0 aliphatic carbocycles. The van der Waals surface area contributed by atoms with Crippen LogP contribution in [-0.2, 0) is 6.54 Å². The number of aryl methyl sites for hydroxylation is 2. The van der Waals surface area contributed by atoms with Gasteiger partial charge >= 0.3 is 11.6 Å². The minimum absolute atomic E-state index is 0.300. The third kappa shape index (κ3) is 2.73. The normalized spacial score (nSPS) is 11.2. The van der Waals surface area contributed by atoms with Crippen molar-refractivity contribution in [2.75, 3.05) is 0 Å². The fourth-order valence-electron chi connectivity index (χ4n) is 2.87. The first-order valence-electron chi connectivity index (χ1n) is 8.15. The van der Waals surface area contributed by atoms with Gasteiger partial charge in [-0.05, 0) is 49.7 Å². The molecule has 0 fully saturated rings. The predicted octanol–water partition coefficient (Wildman–Crippen LogP) is 3.09. The molecule has 26 heavy (non-hydrogen) atoms. The first-order chi connectivity index (χ1) is 12.5. The maximum absolute atomic E-state index is 12.4. The highest BCUT2D eigenvalue weighted by atomic mass is 16.5. The van der Waals surface area contributed by atoms with E-state index in [0.29, 0.717) is 29.0 Å². The Labute approximate surface area is 147 Å². The lowest BCUT2D eigenvalue weighted by molar-refractivity contribution is 0.0735. The molecule has 2 aromatic carbocycles. The minimum atomic E-state index is -0.521. The van der Waals surface area contributed by atoms with E-state index in [2.05, 4.69) is 10.3 Å². The lowest BCUT2D eigenvalue weighted by Crippen LogP contribution is -2.08. The Kier molecular flexibility index (Phi) is 3.76. The van der Waals surface area contributed by atoms with Crippen LogP contribution in [0.1, 0.15) is 22.8 Å². The van der Waals surface area contributed by atoms with Crippen LogP contribution >= 0.6 is 0 Å². The fraction of sp³-hybridized carbons (Fsp3) is 0.158. The minimum Gasteiger partial charge on any atom is -0.423 e. The van der Waals surface area contributed by atoms with Gasteiger partial charge in [0.25, 0.3) is 0 Å². The lowest BCUT2D eigenvalue weighted by Gasteiger charge is -2.06. The van der Waals surface area contributed by atoms with Crippen molar-refractivity contribution in [1.82, 2.24) is 15.0 Å². The Morgan fingerprint density at radius 1 is 1.19 bits per heavy atom. The lowest BCUT2D eigenvalue weighted by atomic mass is 10.1. The third-order valence-corrected chi connectivity index (χ3v) is 4.18. The summed E-state index contributed by atoms with van der Waals surface area (Å²) in [6.45, 7) is 4.49. The van der Waals surface area contributed by atoms with E-state index >= 15 is 0 Å². The molecule has 0 aliphatic heterocycles. The smallest absolute Gasteiger partial charge is 0.343 e. The van der Waals surface area contributed by atoms with Crippen molar-refractivity contribution < 1.29 is 13.9 Å². The molecule has 130 valence electrons. The Morgan fingerprint density at radius 2 is 2.04 bits per heavy atom. The van der Waals surface area contributed by atoms with Gasteiger partial charge in [-0.2, -0.15) is 0 Å². The first-order valence-corrected chi connectivity index (χ1v) is 8.15. The third-order valence-electron chi connectivity index (χ3n) is 4.18. The number of ether oxygens (including phenoxy) is 1. The van der Waals surface area contributed by atoms with Crippen LogP contribution < -0.4 is 10.4 Å². The van der Waals surface area contributed by atoms with E-state index < -0.39 is 11.6 Å². The highest BCUT2D eigenvalue weighted by Gasteiger charge is 2.13. The van der Waals surface area contributed by atoms with Gasteiger partial charge in [0, 0.05) is 24.1 Å². The largest absolute Gasteiger partial charge is 0.423 e. The molecule has 0 aliphatic rings. The second-order valence-corrected chi connectivity index (χ2v) is 5.90. The zero-order chi connectivity index (χ0) is 18.3. The summed E-state index contributed by atoms with van der Waals surface area (Å²) in [5.41, 5.74) is 2.59. The molecule has 2 heterocycles. The Morgan fingerprint density at radius 3 is 2.85 bits per heavy atom. The number of hydrogen-bond donors (Lipinski definition) is 0. The highest BCUT2D eigenvalue weighted by Crippen LogP contribution is 2.23. The van der Waals surface area contributed by atoms with E-state index in [1.807, 2.05) is 13.8 Å². The Balaban J connectivity index is 1.65. The zero-order valence-corrected chi connectivity index (χ0v) is 14.2. The second-order valence-electron chi connectivity index (χ2n) is 5.90. The molecule has 7 nitrogen and oxygen atoms in total. The second kappa shape index (κ2) is 6.11. The van der Waals surface area contributed by atoms with Crippen molar-refractivity contribution in [2.24, 2.45) is 0 Å². The molecule has 0 saturated carbocycles. The van der Waals surface area contributed by atoms with Crippen molar-refractivity contribution in [3.8, 4) is 5.75 Å². The number of rotatable bonds is 3. The number of carbonyl (C=O) groups is 1. The van der Waals surface area contributed by atoms with E-state index in [1.54, 1.807) is 35.0 Å². The molecule has 0 radical (unpaired) electrons. The molecule has 0 atom stereocenters. The van der Waals surface area contributed by atoms with Gasteiger partial charge in [-0.1, -0.05) is 5.21 Å². The maximum Gasteiger partial charge on any atom is 0.343 e. The Hall–Kier alpha value is -3.48. The van der Waals surface area contributed by atoms with Gasteiger partial charge in [0.05, 0.1) is 11.1 Å². The van der Waals surface area contributed by atoms with Crippen LogP contribution in [0, 0.1) is 6.92 Å². The standard InChI is InChI=1S/C19H15N3O4/c1-3-22-16-7-4-12(9-15(16)20-21-22)19(24)25-13-5-6-14-11(2)8-18(23)26-17(14)10-13/h4-10H,3H2,1-2H3. The molecule has 0 spiro atoms. The zero-order valence-electron chi connectivity index (χ0n) is 14.2. The number of aromatic nitrogens is 3. The molecule has 0 bridgehead atoms. The quantitative estimate of drug-likeness (QED) is 0.321. The van der Waals surface area contributed by atoms with Crippen LogP contribution in [0.15, 0.2) is 51.7 Å². The first kappa shape index (κ1) is 16.0. The molecule has 7 heteroatoms. The van der Waals surface area contributed by atoms with Crippen molar-refractivity contribution in [2.45, 2.75) is 20.4 Å². The van der Waals surface area contributed by atoms with Gasteiger partial charge < -0.3 is 9.15 Å². The predicted molar refractivity (Wildman–Crippen MR) is 95.4 cm³/mol. The summed E-state index contributed by atoms with van der Waals surface area (Å²) < 4.78 is 12.3. The molecular formula is C19H15N3O4. The summed E-state index contributed by atoms with van der Waals surface area (Å²) in [6.07, 6.45) is 0.